The molecule has 5 heteroatoms. The Kier molecular flexibility index (Phi) is 4.51. The Bertz CT molecular complexity index is 689. The van der Waals surface area contributed by atoms with Gasteiger partial charge < -0.3 is 5.32 Å². The van der Waals surface area contributed by atoms with Gasteiger partial charge in [0.2, 0.25) is 5.91 Å². The summed E-state index contributed by atoms with van der Waals surface area (Å²) < 4.78 is 1.82. The van der Waals surface area contributed by atoms with E-state index in [2.05, 4.69) is 27.6 Å². The van der Waals surface area contributed by atoms with Gasteiger partial charge in [0.1, 0.15) is 0 Å². The van der Waals surface area contributed by atoms with Gasteiger partial charge in [0.05, 0.1) is 5.69 Å². The number of aryl methyl sites for hydroxylation is 2. The number of rotatable bonds is 5. The number of amides is 1. The minimum absolute atomic E-state index is 0.162. The minimum atomic E-state index is 0.162. The van der Waals surface area contributed by atoms with Gasteiger partial charge in [0, 0.05) is 30.9 Å². The summed E-state index contributed by atoms with van der Waals surface area (Å²) in [6.07, 6.45) is 12.9. The zero-order valence-corrected chi connectivity index (χ0v) is 13.0. The molecule has 0 spiro atoms. The summed E-state index contributed by atoms with van der Waals surface area (Å²) in [4.78, 5) is 16.4. The highest BCUT2D eigenvalue weighted by Crippen LogP contribution is 2.17. The van der Waals surface area contributed by atoms with E-state index in [1.165, 1.54) is 0 Å². The second-order valence-corrected chi connectivity index (χ2v) is 5.93. The van der Waals surface area contributed by atoms with Crippen molar-refractivity contribution in [2.24, 2.45) is 5.92 Å². The van der Waals surface area contributed by atoms with Crippen molar-refractivity contribution < 1.29 is 4.79 Å². The topological polar surface area (TPSA) is 59.3 Å². The third-order valence-corrected chi connectivity index (χ3v) is 4.07. The molecule has 1 atom stereocenters. The lowest BCUT2D eigenvalue weighted by Gasteiger charge is -2.17. The summed E-state index contributed by atoms with van der Waals surface area (Å²) in [5.74, 6) is 0.357. The molecule has 1 amide bonds. The summed E-state index contributed by atoms with van der Waals surface area (Å²) in [6, 6.07) is 1.96. The normalized spacial score (nSPS) is 17.8. The van der Waals surface area contributed by atoms with Gasteiger partial charge in [-0.3, -0.25) is 4.79 Å². The van der Waals surface area contributed by atoms with Gasteiger partial charge in [-0.15, -0.1) is 0 Å². The summed E-state index contributed by atoms with van der Waals surface area (Å²) >= 11 is 0. The molecule has 0 aromatic carbocycles. The number of carbonyl (C=O) groups excluding carboxylic acids is 1. The molecule has 3 rings (SSSR count). The SMILES string of the molecule is Cc1cc2ncc(CCCNC(=O)[C@@H]3CC=CCC3)cn2n1. The van der Waals surface area contributed by atoms with Gasteiger partial charge in [0.25, 0.3) is 0 Å². The molecule has 0 aliphatic heterocycles. The molecule has 0 bridgehead atoms. The Hall–Kier alpha value is -2.17. The van der Waals surface area contributed by atoms with E-state index >= 15 is 0 Å². The van der Waals surface area contributed by atoms with Gasteiger partial charge in [-0.05, 0) is 44.6 Å². The number of allylic oxidation sites excluding steroid dienone is 2. The maximum absolute atomic E-state index is 12.0. The average molecular weight is 298 g/mol. The van der Waals surface area contributed by atoms with Crippen molar-refractivity contribution in [1.29, 1.82) is 0 Å². The molecule has 0 fully saturated rings. The van der Waals surface area contributed by atoms with E-state index in [-0.39, 0.29) is 11.8 Å². The number of hydrogen-bond acceptors (Lipinski definition) is 3. The van der Waals surface area contributed by atoms with Crippen LogP contribution in [0.2, 0.25) is 0 Å². The number of nitrogens with one attached hydrogen (secondary N) is 1. The molecule has 2 heterocycles. The fourth-order valence-corrected chi connectivity index (χ4v) is 2.84. The van der Waals surface area contributed by atoms with E-state index in [0.717, 1.165) is 55.6 Å². The lowest BCUT2D eigenvalue weighted by molar-refractivity contribution is -0.125. The first-order valence-electron chi connectivity index (χ1n) is 7.96. The maximum Gasteiger partial charge on any atom is 0.223 e. The van der Waals surface area contributed by atoms with Crippen molar-refractivity contribution >= 4 is 11.6 Å². The molecule has 5 nitrogen and oxygen atoms in total. The Balaban J connectivity index is 1.45. The minimum Gasteiger partial charge on any atom is -0.356 e. The Morgan fingerprint density at radius 3 is 3.18 bits per heavy atom. The molecule has 2 aromatic heterocycles. The maximum atomic E-state index is 12.0. The fourth-order valence-electron chi connectivity index (χ4n) is 2.84. The summed E-state index contributed by atoms with van der Waals surface area (Å²) in [5.41, 5.74) is 2.99. The van der Waals surface area contributed by atoms with Crippen LogP contribution in [-0.2, 0) is 11.2 Å². The van der Waals surface area contributed by atoms with Gasteiger partial charge in [0.15, 0.2) is 5.65 Å². The quantitative estimate of drug-likeness (QED) is 0.681. The Labute approximate surface area is 130 Å². The largest absolute Gasteiger partial charge is 0.356 e. The highest BCUT2D eigenvalue weighted by molar-refractivity contribution is 5.78. The molecule has 0 unspecified atom stereocenters. The Morgan fingerprint density at radius 1 is 1.45 bits per heavy atom. The molecular formula is C17H22N4O. The summed E-state index contributed by atoms with van der Waals surface area (Å²) in [6.45, 7) is 2.68. The van der Waals surface area contributed by atoms with Crippen molar-refractivity contribution in [3.63, 3.8) is 0 Å². The monoisotopic (exact) mass is 298 g/mol. The predicted molar refractivity (Wildman–Crippen MR) is 85.5 cm³/mol. The third kappa shape index (κ3) is 3.53. The molecule has 0 saturated heterocycles. The Morgan fingerprint density at radius 2 is 2.36 bits per heavy atom. The summed E-state index contributed by atoms with van der Waals surface area (Å²) in [7, 11) is 0. The first-order chi connectivity index (χ1) is 10.7. The molecule has 116 valence electrons. The summed E-state index contributed by atoms with van der Waals surface area (Å²) in [5, 5.41) is 7.42. The molecule has 0 radical (unpaired) electrons. The lowest BCUT2D eigenvalue weighted by atomic mass is 9.94. The van der Waals surface area contributed by atoms with E-state index in [4.69, 9.17) is 0 Å². The highest BCUT2D eigenvalue weighted by Gasteiger charge is 2.17. The molecule has 1 aliphatic rings. The fraction of sp³-hybridized carbons (Fsp3) is 0.471. The van der Waals surface area contributed by atoms with E-state index in [0.29, 0.717) is 0 Å². The molecule has 1 aliphatic carbocycles. The van der Waals surface area contributed by atoms with Crippen molar-refractivity contribution in [2.75, 3.05) is 6.54 Å². The molecule has 0 saturated carbocycles. The van der Waals surface area contributed by atoms with Gasteiger partial charge in [-0.2, -0.15) is 5.10 Å². The second-order valence-electron chi connectivity index (χ2n) is 5.93. The van der Waals surface area contributed by atoms with Gasteiger partial charge >= 0.3 is 0 Å². The smallest absolute Gasteiger partial charge is 0.223 e. The van der Waals surface area contributed by atoms with E-state index in [1.54, 1.807) is 0 Å². The van der Waals surface area contributed by atoms with Crippen LogP contribution in [0.15, 0.2) is 30.6 Å². The first-order valence-corrected chi connectivity index (χ1v) is 7.96. The van der Waals surface area contributed by atoms with Gasteiger partial charge in [-0.1, -0.05) is 12.2 Å². The first kappa shape index (κ1) is 14.8. The van der Waals surface area contributed by atoms with Crippen LogP contribution in [0.1, 0.15) is 36.9 Å². The zero-order valence-electron chi connectivity index (χ0n) is 13.0. The lowest BCUT2D eigenvalue weighted by Crippen LogP contribution is -2.32. The number of nitrogens with zero attached hydrogens (tertiary/aromatic N) is 3. The number of carbonyl (C=O) groups is 1. The van der Waals surface area contributed by atoms with Crippen molar-refractivity contribution in [2.45, 2.75) is 39.0 Å². The third-order valence-electron chi connectivity index (χ3n) is 4.07. The number of hydrogen-bond donors (Lipinski definition) is 1. The van der Waals surface area contributed by atoms with Crippen LogP contribution in [0.3, 0.4) is 0 Å². The molecule has 22 heavy (non-hydrogen) atoms. The van der Waals surface area contributed by atoms with E-state index in [1.807, 2.05) is 29.9 Å². The van der Waals surface area contributed by atoms with Crippen LogP contribution in [0.4, 0.5) is 0 Å². The number of fused-ring (bicyclic) bond motifs is 1. The van der Waals surface area contributed by atoms with Crippen LogP contribution >= 0.6 is 0 Å². The van der Waals surface area contributed by atoms with Crippen LogP contribution in [-0.4, -0.2) is 27.0 Å². The standard InChI is InChI=1S/C17H22N4O/c1-13-10-16-19-11-14(12-21(16)20-13)6-5-9-18-17(22)15-7-3-2-4-8-15/h2-3,10-12,15H,4-9H2,1H3,(H,18,22)/t15-/m1/s1. The predicted octanol–water partition coefficient (Wildman–Crippen LogP) is 2.44. The van der Waals surface area contributed by atoms with Crippen molar-refractivity contribution in [1.82, 2.24) is 19.9 Å². The van der Waals surface area contributed by atoms with E-state index < -0.39 is 0 Å². The van der Waals surface area contributed by atoms with Gasteiger partial charge in [-0.25, -0.2) is 9.50 Å². The van der Waals surface area contributed by atoms with Crippen LogP contribution in [0.5, 0.6) is 0 Å². The molecule has 1 N–H and O–H groups in total. The van der Waals surface area contributed by atoms with Crippen LogP contribution in [0, 0.1) is 12.8 Å². The average Bonchev–Trinajstić information content (AvgIpc) is 2.91. The van der Waals surface area contributed by atoms with E-state index in [9.17, 15) is 4.79 Å². The molecular weight excluding hydrogens is 276 g/mol. The second kappa shape index (κ2) is 6.73. The number of aromatic nitrogens is 3. The van der Waals surface area contributed by atoms with Crippen LogP contribution < -0.4 is 5.32 Å². The molecule has 2 aromatic rings. The highest BCUT2D eigenvalue weighted by atomic mass is 16.1. The van der Waals surface area contributed by atoms with Crippen molar-refractivity contribution in [3.05, 3.63) is 41.9 Å². The van der Waals surface area contributed by atoms with Crippen molar-refractivity contribution in [3.8, 4) is 0 Å². The van der Waals surface area contributed by atoms with Crippen LogP contribution in [0.25, 0.3) is 5.65 Å². The zero-order chi connectivity index (χ0) is 15.4.